The predicted molar refractivity (Wildman–Crippen MR) is 82.0 cm³/mol. The maximum atomic E-state index is 12.1. The van der Waals surface area contributed by atoms with E-state index >= 15 is 0 Å². The van der Waals surface area contributed by atoms with Gasteiger partial charge in [0.25, 0.3) is 0 Å². The zero-order valence-electron chi connectivity index (χ0n) is 14.5. The lowest BCUT2D eigenvalue weighted by atomic mass is 9.78. The lowest BCUT2D eigenvalue weighted by Crippen LogP contribution is -2.43. The molecular weight excluding hydrogens is 332 g/mol. The highest BCUT2D eigenvalue weighted by atomic mass is 16.6. The Morgan fingerprint density at radius 1 is 1.20 bits per heavy atom. The molecule has 3 rings (SSSR count). The van der Waals surface area contributed by atoms with E-state index in [-0.39, 0.29) is 24.9 Å². The standard InChI is InChI=1S/C17H24O8/c1-17(2,3)16(22)23-5-4-9(18)24-12-7-6-8-11(10(7)14(19)20)15(21)25-13(8)12/h7-8,10-13,15,21H,4-6H2,1-3H3,(H,19,20). The van der Waals surface area contributed by atoms with Crippen molar-refractivity contribution in [3.05, 3.63) is 0 Å². The number of carbonyl (C=O) groups is 3. The third-order valence-corrected chi connectivity index (χ3v) is 5.41. The molecule has 8 heteroatoms. The Kier molecular flexibility index (Phi) is 4.53. The van der Waals surface area contributed by atoms with Gasteiger partial charge in [-0.15, -0.1) is 0 Å². The molecule has 7 atom stereocenters. The van der Waals surface area contributed by atoms with Crippen LogP contribution in [0, 0.1) is 29.1 Å². The lowest BCUT2D eigenvalue weighted by molar-refractivity contribution is -0.168. The van der Waals surface area contributed by atoms with Crippen LogP contribution in [0.4, 0.5) is 0 Å². The molecule has 3 fully saturated rings. The molecule has 2 saturated carbocycles. The number of fused-ring (bicyclic) bond motifs is 1. The molecule has 0 aromatic rings. The smallest absolute Gasteiger partial charge is 0.311 e. The highest BCUT2D eigenvalue weighted by Gasteiger charge is 2.68. The molecule has 2 aliphatic carbocycles. The number of carboxylic acid groups (broad SMARTS) is 1. The minimum Gasteiger partial charge on any atom is -0.481 e. The Balaban J connectivity index is 1.56. The van der Waals surface area contributed by atoms with Crippen molar-refractivity contribution in [1.29, 1.82) is 0 Å². The summed E-state index contributed by atoms with van der Waals surface area (Å²) >= 11 is 0. The molecule has 7 unspecified atom stereocenters. The van der Waals surface area contributed by atoms with Gasteiger partial charge in [0.1, 0.15) is 18.8 Å². The normalized spacial score (nSPS) is 38.6. The zero-order chi connectivity index (χ0) is 18.5. The number of aliphatic carboxylic acids is 1. The van der Waals surface area contributed by atoms with Crippen LogP contribution in [-0.2, 0) is 28.6 Å². The van der Waals surface area contributed by atoms with Crippen molar-refractivity contribution >= 4 is 17.9 Å². The van der Waals surface area contributed by atoms with Gasteiger partial charge < -0.3 is 24.4 Å². The predicted octanol–water partition coefficient (Wildman–Crippen LogP) is 0.561. The Morgan fingerprint density at radius 2 is 1.88 bits per heavy atom. The molecule has 2 N–H and O–H groups in total. The molecule has 0 aromatic carbocycles. The van der Waals surface area contributed by atoms with Gasteiger partial charge in [-0.3, -0.25) is 14.4 Å². The molecule has 0 amide bonds. The van der Waals surface area contributed by atoms with E-state index in [0.717, 1.165) is 0 Å². The van der Waals surface area contributed by atoms with E-state index in [0.29, 0.717) is 6.42 Å². The largest absolute Gasteiger partial charge is 0.481 e. The highest BCUT2D eigenvalue weighted by Crippen LogP contribution is 2.59. The van der Waals surface area contributed by atoms with Crippen LogP contribution in [0.1, 0.15) is 33.6 Å². The maximum absolute atomic E-state index is 12.1. The molecule has 0 spiro atoms. The summed E-state index contributed by atoms with van der Waals surface area (Å²) in [5.41, 5.74) is -0.647. The maximum Gasteiger partial charge on any atom is 0.311 e. The second-order valence-corrected chi connectivity index (χ2v) is 8.09. The molecule has 1 saturated heterocycles. The number of rotatable bonds is 5. The molecule has 0 aromatic heterocycles. The van der Waals surface area contributed by atoms with Gasteiger partial charge in [-0.1, -0.05) is 0 Å². The number of carbonyl (C=O) groups excluding carboxylic acids is 2. The summed E-state index contributed by atoms with van der Waals surface area (Å²) in [5.74, 6) is -3.62. The first-order chi connectivity index (χ1) is 11.6. The van der Waals surface area contributed by atoms with Crippen LogP contribution in [-0.4, -0.2) is 53.2 Å². The van der Waals surface area contributed by atoms with Gasteiger partial charge >= 0.3 is 17.9 Å². The fourth-order valence-corrected chi connectivity index (χ4v) is 4.32. The zero-order valence-corrected chi connectivity index (χ0v) is 14.5. The molecule has 25 heavy (non-hydrogen) atoms. The SMILES string of the molecule is CC(C)(C)C(=O)OCCC(=O)OC1C2CC3C1OC(O)C3C2C(=O)O. The number of aliphatic hydroxyl groups is 1. The van der Waals surface area contributed by atoms with Gasteiger partial charge in [-0.05, 0) is 33.1 Å². The molecule has 140 valence electrons. The molecule has 0 radical (unpaired) electrons. The average molecular weight is 356 g/mol. The first-order valence-corrected chi connectivity index (χ1v) is 8.54. The molecular formula is C17H24O8. The summed E-state index contributed by atoms with van der Waals surface area (Å²) in [5, 5.41) is 19.4. The van der Waals surface area contributed by atoms with Crippen LogP contribution >= 0.6 is 0 Å². The molecule has 8 nitrogen and oxygen atoms in total. The van der Waals surface area contributed by atoms with Crippen molar-refractivity contribution in [1.82, 2.24) is 0 Å². The minimum absolute atomic E-state index is 0.0884. The number of ether oxygens (including phenoxy) is 3. The van der Waals surface area contributed by atoms with E-state index in [1.165, 1.54) is 0 Å². The highest BCUT2D eigenvalue weighted by molar-refractivity contribution is 5.76. The van der Waals surface area contributed by atoms with E-state index in [1.807, 2.05) is 0 Å². The van der Waals surface area contributed by atoms with E-state index in [2.05, 4.69) is 0 Å². The Morgan fingerprint density at radius 3 is 2.48 bits per heavy atom. The topological polar surface area (TPSA) is 119 Å². The molecule has 1 heterocycles. The summed E-state index contributed by atoms with van der Waals surface area (Å²) in [6.07, 6.45) is -1.79. The summed E-state index contributed by atoms with van der Waals surface area (Å²) in [6, 6.07) is 0. The van der Waals surface area contributed by atoms with Crippen LogP contribution in [0.2, 0.25) is 0 Å². The quantitative estimate of drug-likeness (QED) is 0.686. The summed E-state index contributed by atoms with van der Waals surface area (Å²) in [4.78, 5) is 35.3. The third-order valence-electron chi connectivity index (χ3n) is 5.41. The van der Waals surface area contributed by atoms with E-state index in [9.17, 15) is 24.6 Å². The van der Waals surface area contributed by atoms with Gasteiger partial charge in [0.2, 0.25) is 0 Å². The van der Waals surface area contributed by atoms with Gasteiger partial charge in [0, 0.05) is 11.8 Å². The van der Waals surface area contributed by atoms with E-state index < -0.39 is 53.7 Å². The average Bonchev–Trinajstić information content (AvgIpc) is 3.09. The molecule has 2 bridgehead atoms. The first kappa shape index (κ1) is 18.1. The monoisotopic (exact) mass is 356 g/mol. The van der Waals surface area contributed by atoms with Gasteiger partial charge in [0.05, 0.1) is 17.8 Å². The van der Waals surface area contributed by atoms with Crippen molar-refractivity contribution in [3.8, 4) is 0 Å². The lowest BCUT2D eigenvalue weighted by Gasteiger charge is -2.30. The van der Waals surface area contributed by atoms with Gasteiger partial charge in [0.15, 0.2) is 6.29 Å². The summed E-state index contributed by atoms with van der Waals surface area (Å²) in [6.45, 7) is 5.06. The van der Waals surface area contributed by atoms with Gasteiger partial charge in [-0.25, -0.2) is 0 Å². The molecule has 1 aliphatic heterocycles. The summed E-state index contributed by atoms with van der Waals surface area (Å²) in [7, 11) is 0. The minimum atomic E-state index is -1.13. The van der Waals surface area contributed by atoms with Crippen molar-refractivity contribution in [2.45, 2.75) is 52.1 Å². The van der Waals surface area contributed by atoms with Crippen molar-refractivity contribution in [3.63, 3.8) is 0 Å². The third kappa shape index (κ3) is 3.13. The number of carboxylic acids is 1. The second kappa shape index (κ2) is 6.25. The van der Waals surface area contributed by atoms with Crippen LogP contribution in [0.15, 0.2) is 0 Å². The van der Waals surface area contributed by atoms with E-state index in [4.69, 9.17) is 14.2 Å². The van der Waals surface area contributed by atoms with Crippen LogP contribution in [0.25, 0.3) is 0 Å². The fourth-order valence-electron chi connectivity index (χ4n) is 4.32. The van der Waals surface area contributed by atoms with Crippen LogP contribution in [0.5, 0.6) is 0 Å². The van der Waals surface area contributed by atoms with Crippen molar-refractivity contribution in [2.24, 2.45) is 29.1 Å². The number of aliphatic hydroxyl groups excluding tert-OH is 1. The van der Waals surface area contributed by atoms with Crippen LogP contribution < -0.4 is 0 Å². The van der Waals surface area contributed by atoms with Gasteiger partial charge in [-0.2, -0.15) is 0 Å². The number of esters is 2. The number of hydrogen-bond acceptors (Lipinski definition) is 7. The fraction of sp³-hybridized carbons (Fsp3) is 0.824. The first-order valence-electron chi connectivity index (χ1n) is 8.54. The molecule has 3 aliphatic rings. The number of hydrogen-bond donors (Lipinski definition) is 2. The second-order valence-electron chi connectivity index (χ2n) is 8.09. The van der Waals surface area contributed by atoms with Crippen molar-refractivity contribution in [2.75, 3.05) is 6.61 Å². The van der Waals surface area contributed by atoms with E-state index in [1.54, 1.807) is 20.8 Å². The summed E-state index contributed by atoms with van der Waals surface area (Å²) < 4.78 is 15.9. The Hall–Kier alpha value is -1.67. The van der Waals surface area contributed by atoms with Crippen LogP contribution in [0.3, 0.4) is 0 Å². The van der Waals surface area contributed by atoms with Crippen molar-refractivity contribution < 1.29 is 38.8 Å². The Bertz CT molecular complexity index is 580. The Labute approximate surface area is 145 Å².